The highest BCUT2D eigenvalue weighted by molar-refractivity contribution is 5.66. The van der Waals surface area contributed by atoms with E-state index in [-0.39, 0.29) is 12.8 Å². The Hall–Kier alpha value is -1.95. The monoisotopic (exact) mass is 180 g/mol. The summed E-state index contributed by atoms with van der Waals surface area (Å²) in [7, 11) is 0. The number of aliphatic carboxylic acids is 1. The number of carboxylic acid groups (broad SMARTS) is 1. The van der Waals surface area contributed by atoms with E-state index >= 15 is 0 Å². The lowest BCUT2D eigenvalue weighted by atomic mass is 9.99. The molecule has 68 valence electrons. The number of carboxylic acids is 1. The molecule has 0 spiro atoms. The van der Waals surface area contributed by atoms with Crippen LogP contribution in [-0.2, 0) is 4.79 Å². The highest BCUT2D eigenvalue weighted by atomic mass is 16.4. The zero-order chi connectivity index (χ0) is 10.3. The molecule has 0 fully saturated rings. The fourth-order valence-electron chi connectivity index (χ4n) is 0.778. The third kappa shape index (κ3) is 3.82. The molecule has 0 radical (unpaired) electrons. The zero-order valence-electron chi connectivity index (χ0n) is 6.77. The van der Waals surface area contributed by atoms with Crippen molar-refractivity contribution in [1.29, 1.82) is 16.1 Å². The maximum atomic E-state index is 10.2. The van der Waals surface area contributed by atoms with E-state index in [1.807, 2.05) is 0 Å². The third-order valence-electron chi connectivity index (χ3n) is 1.48. The molecule has 0 aromatic heterocycles. The van der Waals surface area contributed by atoms with Crippen molar-refractivity contribution in [2.75, 3.05) is 0 Å². The van der Waals surface area contributed by atoms with Gasteiger partial charge in [0.2, 0.25) is 0 Å². The Balaban J connectivity index is 4.20. The van der Waals surface area contributed by atoms with Crippen LogP contribution in [0.4, 0.5) is 0 Å². The van der Waals surface area contributed by atoms with Crippen LogP contribution in [0.15, 0.2) is 5.11 Å². The van der Waals surface area contributed by atoms with Crippen molar-refractivity contribution in [1.82, 2.24) is 0 Å². The van der Waals surface area contributed by atoms with Gasteiger partial charge in [-0.1, -0.05) is 0 Å². The smallest absolute Gasteiger partial charge is 0.303 e. The molecule has 0 bridgehead atoms. The van der Waals surface area contributed by atoms with Gasteiger partial charge in [-0.15, -0.1) is 0 Å². The van der Waals surface area contributed by atoms with E-state index in [0.717, 1.165) is 0 Å². The molecule has 0 amide bonds. The molecule has 0 aliphatic carbocycles. The summed E-state index contributed by atoms with van der Waals surface area (Å²) >= 11 is 0. The average molecular weight is 180 g/mol. The average Bonchev–Trinajstić information content (AvgIpc) is 2.11. The van der Waals surface area contributed by atoms with Crippen LogP contribution < -0.4 is 0 Å². The molecular weight excluding hydrogens is 172 g/mol. The van der Waals surface area contributed by atoms with Gasteiger partial charge in [0.1, 0.15) is 6.04 Å². The summed E-state index contributed by atoms with van der Waals surface area (Å²) < 4.78 is 0. The summed E-state index contributed by atoms with van der Waals surface area (Å²) in [4.78, 5) is 10.2. The Bertz CT molecular complexity index is 261. The molecule has 13 heavy (non-hydrogen) atoms. The first-order valence-electron chi connectivity index (χ1n) is 3.53. The molecule has 0 aliphatic rings. The SMILES string of the molecule is N#CC(C#N)C(CCC(=O)O)N=N. The number of nitriles is 2. The Morgan fingerprint density at radius 3 is 2.38 bits per heavy atom. The number of nitrogens with zero attached hydrogens (tertiary/aromatic N) is 3. The van der Waals surface area contributed by atoms with E-state index in [2.05, 4.69) is 5.11 Å². The molecule has 6 nitrogen and oxygen atoms in total. The van der Waals surface area contributed by atoms with Crippen LogP contribution in [0.1, 0.15) is 12.8 Å². The molecular formula is C7H8N4O2. The lowest BCUT2D eigenvalue weighted by Crippen LogP contribution is -2.16. The Morgan fingerprint density at radius 1 is 1.54 bits per heavy atom. The molecule has 2 N–H and O–H groups in total. The maximum absolute atomic E-state index is 10.2. The summed E-state index contributed by atoms with van der Waals surface area (Å²) in [5.74, 6) is -2.06. The highest BCUT2D eigenvalue weighted by Gasteiger charge is 2.20. The topological polar surface area (TPSA) is 121 Å². The van der Waals surface area contributed by atoms with Crippen molar-refractivity contribution in [3.05, 3.63) is 0 Å². The molecule has 0 saturated carbocycles. The lowest BCUT2D eigenvalue weighted by molar-refractivity contribution is -0.137. The fraction of sp³-hybridized carbons (Fsp3) is 0.571. The van der Waals surface area contributed by atoms with Gasteiger partial charge in [0.25, 0.3) is 0 Å². The number of rotatable bonds is 5. The van der Waals surface area contributed by atoms with E-state index < -0.39 is 17.9 Å². The van der Waals surface area contributed by atoms with Crippen molar-refractivity contribution in [3.8, 4) is 12.1 Å². The van der Waals surface area contributed by atoms with Crippen LogP contribution in [0.5, 0.6) is 0 Å². The standard InChI is InChI=1S/C7H8N4O2/c8-3-5(4-9)6(11-10)1-2-7(12)13/h5-6,10H,1-2H2,(H,12,13). The van der Waals surface area contributed by atoms with Gasteiger partial charge < -0.3 is 5.11 Å². The van der Waals surface area contributed by atoms with Crippen molar-refractivity contribution >= 4 is 5.97 Å². The first-order chi connectivity index (χ1) is 6.15. The van der Waals surface area contributed by atoms with E-state index in [1.165, 1.54) is 0 Å². The van der Waals surface area contributed by atoms with Crippen molar-refractivity contribution < 1.29 is 9.90 Å². The van der Waals surface area contributed by atoms with Crippen molar-refractivity contribution in [2.24, 2.45) is 11.0 Å². The van der Waals surface area contributed by atoms with Gasteiger partial charge in [-0.05, 0) is 6.42 Å². The summed E-state index contributed by atoms with van der Waals surface area (Å²) in [5.41, 5.74) is 6.67. The van der Waals surface area contributed by atoms with Crippen LogP contribution in [0, 0.1) is 34.1 Å². The van der Waals surface area contributed by atoms with E-state index in [1.54, 1.807) is 12.1 Å². The predicted octanol–water partition coefficient (Wildman–Crippen LogP) is 0.914. The Kier molecular flexibility index (Phi) is 4.82. The van der Waals surface area contributed by atoms with Gasteiger partial charge in [0.05, 0.1) is 12.1 Å². The largest absolute Gasteiger partial charge is 0.481 e. The second-order valence-electron chi connectivity index (χ2n) is 2.36. The normalized spacial score (nSPS) is 11.3. The quantitative estimate of drug-likeness (QED) is 0.610. The molecule has 0 aromatic rings. The van der Waals surface area contributed by atoms with Gasteiger partial charge in [0.15, 0.2) is 5.92 Å². The number of hydrogen-bond donors (Lipinski definition) is 2. The molecule has 6 heteroatoms. The van der Waals surface area contributed by atoms with Gasteiger partial charge in [-0.25, -0.2) is 5.53 Å². The second-order valence-corrected chi connectivity index (χ2v) is 2.36. The van der Waals surface area contributed by atoms with Crippen LogP contribution in [0.2, 0.25) is 0 Å². The lowest BCUT2D eigenvalue weighted by Gasteiger charge is -2.07. The van der Waals surface area contributed by atoms with Crippen molar-refractivity contribution in [2.45, 2.75) is 18.9 Å². The molecule has 1 atom stereocenters. The minimum absolute atomic E-state index is 0.0462. The summed E-state index contributed by atoms with van der Waals surface area (Å²) in [6, 6.07) is 2.49. The molecule has 0 heterocycles. The molecule has 0 aromatic carbocycles. The Labute approximate surface area is 74.9 Å². The first kappa shape index (κ1) is 11.1. The van der Waals surface area contributed by atoms with Crippen LogP contribution in [-0.4, -0.2) is 17.1 Å². The molecule has 0 aliphatic heterocycles. The highest BCUT2D eigenvalue weighted by Crippen LogP contribution is 2.12. The van der Waals surface area contributed by atoms with E-state index in [0.29, 0.717) is 0 Å². The number of carbonyl (C=O) groups is 1. The minimum Gasteiger partial charge on any atom is -0.481 e. The van der Waals surface area contributed by atoms with Crippen LogP contribution in [0.3, 0.4) is 0 Å². The first-order valence-corrected chi connectivity index (χ1v) is 3.53. The van der Waals surface area contributed by atoms with Crippen molar-refractivity contribution in [3.63, 3.8) is 0 Å². The summed E-state index contributed by atoms with van der Waals surface area (Å²) in [5, 5.41) is 28.2. The van der Waals surface area contributed by atoms with Crippen LogP contribution in [0.25, 0.3) is 0 Å². The molecule has 0 saturated heterocycles. The summed E-state index contributed by atoms with van der Waals surface area (Å²) in [6.07, 6.45) is -0.141. The fourth-order valence-corrected chi connectivity index (χ4v) is 0.778. The molecule has 0 rings (SSSR count). The van der Waals surface area contributed by atoms with Gasteiger partial charge in [0, 0.05) is 6.42 Å². The second kappa shape index (κ2) is 5.67. The van der Waals surface area contributed by atoms with Gasteiger partial charge >= 0.3 is 5.97 Å². The number of nitrogens with one attached hydrogen (secondary N) is 1. The van der Waals surface area contributed by atoms with Gasteiger partial charge in [-0.2, -0.15) is 15.6 Å². The Morgan fingerprint density at radius 2 is 2.08 bits per heavy atom. The van der Waals surface area contributed by atoms with Gasteiger partial charge in [-0.3, -0.25) is 4.79 Å². The van der Waals surface area contributed by atoms with E-state index in [9.17, 15) is 4.79 Å². The summed E-state index contributed by atoms with van der Waals surface area (Å²) in [6.45, 7) is 0. The minimum atomic E-state index is -1.03. The predicted molar refractivity (Wildman–Crippen MR) is 40.5 cm³/mol. The van der Waals surface area contributed by atoms with E-state index in [4.69, 9.17) is 21.2 Å². The molecule has 1 unspecified atom stereocenters. The van der Waals surface area contributed by atoms with Crippen LogP contribution >= 0.6 is 0 Å². The zero-order valence-corrected chi connectivity index (χ0v) is 6.77. The third-order valence-corrected chi connectivity index (χ3v) is 1.48. The maximum Gasteiger partial charge on any atom is 0.303 e. The number of hydrogen-bond acceptors (Lipinski definition) is 5.